The van der Waals surface area contributed by atoms with Crippen molar-refractivity contribution in [3.8, 4) is 0 Å². The van der Waals surface area contributed by atoms with E-state index < -0.39 is 0 Å². The minimum Gasteiger partial charge on any atom is -0.353 e. The van der Waals surface area contributed by atoms with Gasteiger partial charge in [-0.25, -0.2) is 0 Å². The molecule has 2 heteroatoms. The zero-order valence-electron chi connectivity index (χ0n) is 12.3. The summed E-state index contributed by atoms with van der Waals surface area (Å²) in [5.41, 5.74) is 1.72. The third-order valence-corrected chi connectivity index (χ3v) is 4.26. The third-order valence-electron chi connectivity index (χ3n) is 4.26. The lowest BCUT2D eigenvalue weighted by molar-refractivity contribution is -0.120. The third kappa shape index (κ3) is 4.09. The van der Waals surface area contributed by atoms with Gasteiger partial charge in [0, 0.05) is 13.0 Å². The Bertz CT molecular complexity index is 424. The molecule has 0 saturated heterocycles. The summed E-state index contributed by atoms with van der Waals surface area (Å²) in [6, 6.07) is 10.9. The van der Waals surface area contributed by atoms with E-state index in [0.717, 1.165) is 12.8 Å². The molecule has 1 N–H and O–H groups in total. The fraction of sp³-hybridized carbons (Fsp3) is 0.588. The molecule has 1 aromatic rings. The van der Waals surface area contributed by atoms with Crippen LogP contribution in [0, 0.1) is 11.3 Å². The molecule has 2 unspecified atom stereocenters. The van der Waals surface area contributed by atoms with Gasteiger partial charge in [0.25, 0.3) is 0 Å². The van der Waals surface area contributed by atoms with E-state index in [4.69, 9.17) is 0 Å². The summed E-state index contributed by atoms with van der Waals surface area (Å²) < 4.78 is 0. The van der Waals surface area contributed by atoms with Crippen molar-refractivity contribution < 1.29 is 4.79 Å². The van der Waals surface area contributed by atoms with Crippen molar-refractivity contribution in [2.45, 2.75) is 52.5 Å². The molecule has 0 bridgehead atoms. The molecule has 1 aliphatic rings. The van der Waals surface area contributed by atoms with E-state index in [1.54, 1.807) is 6.92 Å². The minimum atomic E-state index is 0.0979. The molecule has 2 atom stereocenters. The second-order valence-electron chi connectivity index (χ2n) is 6.66. The summed E-state index contributed by atoms with van der Waals surface area (Å²) in [7, 11) is 0. The van der Waals surface area contributed by atoms with Crippen LogP contribution in [0.4, 0.5) is 0 Å². The normalized spacial score (nSPS) is 25.8. The standard InChI is InChI=1S/C17H25NO/c1-13(19)18-16-12-17(2,3)10-9-15(16)11-14-7-5-4-6-8-14/h4-8,15-16H,9-12H2,1-3H3,(H,18,19). The predicted octanol–water partition coefficient (Wildman–Crippen LogP) is 3.56. The van der Waals surface area contributed by atoms with Crippen molar-refractivity contribution in [3.05, 3.63) is 35.9 Å². The van der Waals surface area contributed by atoms with Gasteiger partial charge in [0.1, 0.15) is 0 Å². The van der Waals surface area contributed by atoms with E-state index in [1.807, 2.05) is 0 Å². The fourth-order valence-corrected chi connectivity index (χ4v) is 3.23. The second kappa shape index (κ2) is 5.77. The van der Waals surface area contributed by atoms with E-state index in [9.17, 15) is 4.79 Å². The number of nitrogens with one attached hydrogen (secondary N) is 1. The van der Waals surface area contributed by atoms with Crippen LogP contribution < -0.4 is 5.32 Å². The topological polar surface area (TPSA) is 29.1 Å². The number of amides is 1. The highest BCUT2D eigenvalue weighted by atomic mass is 16.1. The van der Waals surface area contributed by atoms with E-state index in [2.05, 4.69) is 49.5 Å². The van der Waals surface area contributed by atoms with E-state index in [0.29, 0.717) is 17.4 Å². The zero-order valence-corrected chi connectivity index (χ0v) is 12.3. The second-order valence-corrected chi connectivity index (χ2v) is 6.66. The van der Waals surface area contributed by atoms with Crippen LogP contribution in [-0.2, 0) is 11.2 Å². The van der Waals surface area contributed by atoms with Gasteiger partial charge in [-0.15, -0.1) is 0 Å². The van der Waals surface area contributed by atoms with E-state index in [-0.39, 0.29) is 5.91 Å². The predicted molar refractivity (Wildman–Crippen MR) is 78.9 cm³/mol. The maximum atomic E-state index is 11.4. The lowest BCUT2D eigenvalue weighted by Crippen LogP contribution is -2.46. The first-order valence-electron chi connectivity index (χ1n) is 7.27. The monoisotopic (exact) mass is 259 g/mol. The molecular weight excluding hydrogens is 234 g/mol. The van der Waals surface area contributed by atoms with E-state index >= 15 is 0 Å². The average Bonchev–Trinajstić information content (AvgIpc) is 2.33. The fourth-order valence-electron chi connectivity index (χ4n) is 3.23. The molecule has 1 aliphatic carbocycles. The Kier molecular flexibility index (Phi) is 4.28. The van der Waals surface area contributed by atoms with Crippen LogP contribution in [0.15, 0.2) is 30.3 Å². The van der Waals surface area contributed by atoms with E-state index in [1.165, 1.54) is 18.4 Å². The summed E-state index contributed by atoms with van der Waals surface area (Å²) in [5.74, 6) is 0.667. The van der Waals surface area contributed by atoms with Crippen molar-refractivity contribution >= 4 is 5.91 Å². The summed E-state index contributed by atoms with van der Waals surface area (Å²) in [5, 5.41) is 3.17. The van der Waals surface area contributed by atoms with Gasteiger partial charge in [-0.2, -0.15) is 0 Å². The first kappa shape index (κ1) is 14.1. The van der Waals surface area contributed by atoms with Crippen molar-refractivity contribution in [3.63, 3.8) is 0 Å². The van der Waals surface area contributed by atoms with Gasteiger partial charge in [0.15, 0.2) is 0 Å². The van der Waals surface area contributed by atoms with Crippen LogP contribution in [0.3, 0.4) is 0 Å². The quantitative estimate of drug-likeness (QED) is 0.883. The number of carbonyl (C=O) groups excluding carboxylic acids is 1. The van der Waals surface area contributed by atoms with Crippen LogP contribution in [0.1, 0.15) is 45.6 Å². The number of hydrogen-bond acceptors (Lipinski definition) is 1. The number of benzene rings is 1. The first-order chi connectivity index (χ1) is 8.96. The summed E-state index contributed by atoms with van der Waals surface area (Å²) in [6.07, 6.45) is 4.61. The van der Waals surface area contributed by atoms with Crippen molar-refractivity contribution in [2.75, 3.05) is 0 Å². The summed E-state index contributed by atoms with van der Waals surface area (Å²) in [6.45, 7) is 6.24. The van der Waals surface area contributed by atoms with Crippen LogP contribution in [0.2, 0.25) is 0 Å². The van der Waals surface area contributed by atoms with Gasteiger partial charge >= 0.3 is 0 Å². The molecule has 0 aliphatic heterocycles. The van der Waals surface area contributed by atoms with Gasteiger partial charge in [-0.05, 0) is 42.6 Å². The van der Waals surface area contributed by atoms with Crippen molar-refractivity contribution in [1.82, 2.24) is 5.32 Å². The maximum Gasteiger partial charge on any atom is 0.217 e. The highest BCUT2D eigenvalue weighted by molar-refractivity contribution is 5.73. The van der Waals surface area contributed by atoms with Crippen LogP contribution in [0.5, 0.6) is 0 Å². The molecule has 2 nitrogen and oxygen atoms in total. The molecule has 0 spiro atoms. The SMILES string of the molecule is CC(=O)NC1CC(C)(C)CCC1Cc1ccccc1. The Morgan fingerprint density at radius 1 is 1.32 bits per heavy atom. The molecule has 104 valence electrons. The smallest absolute Gasteiger partial charge is 0.217 e. The number of rotatable bonds is 3. The van der Waals surface area contributed by atoms with Crippen molar-refractivity contribution in [2.24, 2.45) is 11.3 Å². The Hall–Kier alpha value is -1.31. The van der Waals surface area contributed by atoms with Gasteiger partial charge in [-0.1, -0.05) is 44.2 Å². The van der Waals surface area contributed by atoms with Gasteiger partial charge in [0.2, 0.25) is 5.91 Å². The molecule has 1 amide bonds. The Morgan fingerprint density at radius 3 is 2.63 bits per heavy atom. The van der Waals surface area contributed by atoms with Gasteiger partial charge in [-0.3, -0.25) is 4.79 Å². The average molecular weight is 259 g/mol. The van der Waals surface area contributed by atoms with Gasteiger partial charge < -0.3 is 5.32 Å². The summed E-state index contributed by atoms with van der Waals surface area (Å²) >= 11 is 0. The molecule has 1 fully saturated rings. The molecule has 0 radical (unpaired) electrons. The number of hydrogen-bond donors (Lipinski definition) is 1. The molecule has 0 heterocycles. The first-order valence-corrected chi connectivity index (χ1v) is 7.27. The Balaban J connectivity index is 2.06. The molecule has 2 rings (SSSR count). The molecule has 19 heavy (non-hydrogen) atoms. The molecular formula is C17H25NO. The van der Waals surface area contributed by atoms with Crippen LogP contribution in [-0.4, -0.2) is 11.9 Å². The Labute approximate surface area is 116 Å². The zero-order chi connectivity index (χ0) is 13.9. The maximum absolute atomic E-state index is 11.4. The van der Waals surface area contributed by atoms with Crippen LogP contribution in [0.25, 0.3) is 0 Å². The largest absolute Gasteiger partial charge is 0.353 e. The lowest BCUT2D eigenvalue weighted by Gasteiger charge is -2.41. The lowest BCUT2D eigenvalue weighted by atomic mass is 9.69. The number of carbonyl (C=O) groups is 1. The molecule has 0 aromatic heterocycles. The van der Waals surface area contributed by atoms with Crippen molar-refractivity contribution in [1.29, 1.82) is 0 Å². The molecule has 1 aromatic carbocycles. The molecule has 1 saturated carbocycles. The summed E-state index contributed by atoms with van der Waals surface area (Å²) in [4.78, 5) is 11.4. The van der Waals surface area contributed by atoms with Gasteiger partial charge in [0.05, 0.1) is 0 Å². The highest BCUT2D eigenvalue weighted by Gasteiger charge is 2.35. The Morgan fingerprint density at radius 2 is 2.00 bits per heavy atom. The minimum absolute atomic E-state index is 0.0979. The highest BCUT2D eigenvalue weighted by Crippen LogP contribution is 2.39. The van der Waals surface area contributed by atoms with Crippen LogP contribution >= 0.6 is 0 Å².